The normalized spacial score (nSPS) is 11.4. The summed E-state index contributed by atoms with van der Waals surface area (Å²) in [5, 5.41) is 0. The maximum absolute atomic E-state index is 12.5. The summed E-state index contributed by atoms with van der Waals surface area (Å²) >= 11 is 0. The zero-order chi connectivity index (χ0) is 10.7. The summed E-state index contributed by atoms with van der Waals surface area (Å²) < 4.78 is 25.1. The van der Waals surface area contributed by atoms with Gasteiger partial charge in [-0.15, -0.1) is 0 Å². The third kappa shape index (κ3) is 2.31. The molecule has 0 radical (unpaired) electrons. The molecule has 0 spiro atoms. The molecule has 2 heteroatoms. The van der Waals surface area contributed by atoms with Crippen LogP contribution in [-0.4, -0.2) is 0 Å². The number of rotatable bonds is 3. The van der Waals surface area contributed by atoms with Crippen LogP contribution in [0, 0.1) is 0 Å². The van der Waals surface area contributed by atoms with Crippen molar-refractivity contribution in [1.82, 2.24) is 0 Å². The molecule has 1 rings (SSSR count). The van der Waals surface area contributed by atoms with Crippen LogP contribution in [0.4, 0.5) is 8.78 Å². The summed E-state index contributed by atoms with van der Waals surface area (Å²) in [5.74, 6) is 0.395. The highest BCUT2D eigenvalue weighted by atomic mass is 19.3. The number of benzene rings is 1. The zero-order valence-electron chi connectivity index (χ0n) is 8.85. The second-order valence-electron chi connectivity index (χ2n) is 3.77. The van der Waals surface area contributed by atoms with Gasteiger partial charge >= 0.3 is 0 Å². The average Bonchev–Trinajstić information content (AvgIpc) is 2.16. The van der Waals surface area contributed by atoms with Gasteiger partial charge in [0.15, 0.2) is 0 Å². The Labute approximate surface area is 84.0 Å². The summed E-state index contributed by atoms with van der Waals surface area (Å²) in [6, 6.07) is 5.25. The van der Waals surface area contributed by atoms with E-state index in [1.54, 1.807) is 12.1 Å². The van der Waals surface area contributed by atoms with E-state index in [0.717, 1.165) is 11.1 Å². The molecule has 0 heterocycles. The molecule has 0 amide bonds. The predicted molar refractivity (Wildman–Crippen MR) is 54.9 cm³/mol. The maximum atomic E-state index is 12.5. The van der Waals surface area contributed by atoms with Crippen LogP contribution in [0.2, 0.25) is 0 Å². The summed E-state index contributed by atoms with van der Waals surface area (Å²) in [4.78, 5) is 0. The van der Waals surface area contributed by atoms with Crippen molar-refractivity contribution in [2.24, 2.45) is 0 Å². The SMILES string of the molecule is CCc1cc(C(C)C)ccc1C(F)F. The first-order valence-electron chi connectivity index (χ1n) is 4.97. The molecule has 14 heavy (non-hydrogen) atoms. The minimum atomic E-state index is -2.36. The minimum absolute atomic E-state index is 0.178. The second-order valence-corrected chi connectivity index (χ2v) is 3.77. The Morgan fingerprint density at radius 2 is 1.86 bits per heavy atom. The van der Waals surface area contributed by atoms with Crippen molar-refractivity contribution in [2.45, 2.75) is 39.5 Å². The second kappa shape index (κ2) is 4.54. The number of halogens is 2. The Morgan fingerprint density at radius 1 is 1.21 bits per heavy atom. The lowest BCUT2D eigenvalue weighted by molar-refractivity contribution is 0.150. The average molecular weight is 198 g/mol. The lowest BCUT2D eigenvalue weighted by atomic mass is 9.96. The van der Waals surface area contributed by atoms with E-state index in [9.17, 15) is 8.78 Å². The molecule has 1 aromatic carbocycles. The molecule has 0 N–H and O–H groups in total. The Hall–Kier alpha value is -0.920. The molecule has 0 bridgehead atoms. The number of alkyl halides is 2. The van der Waals surface area contributed by atoms with E-state index in [1.807, 2.05) is 13.0 Å². The highest BCUT2D eigenvalue weighted by Gasteiger charge is 2.12. The molecule has 1 aromatic rings. The van der Waals surface area contributed by atoms with Crippen molar-refractivity contribution in [1.29, 1.82) is 0 Å². The highest BCUT2D eigenvalue weighted by Crippen LogP contribution is 2.26. The van der Waals surface area contributed by atoms with E-state index in [1.165, 1.54) is 0 Å². The van der Waals surface area contributed by atoms with Crippen LogP contribution in [0.3, 0.4) is 0 Å². The number of aryl methyl sites for hydroxylation is 1. The minimum Gasteiger partial charge on any atom is -0.205 e. The Kier molecular flexibility index (Phi) is 3.62. The fraction of sp³-hybridized carbons (Fsp3) is 0.500. The lowest BCUT2D eigenvalue weighted by Gasteiger charge is -2.11. The quantitative estimate of drug-likeness (QED) is 0.678. The van der Waals surface area contributed by atoms with Crippen LogP contribution in [0.25, 0.3) is 0 Å². The van der Waals surface area contributed by atoms with Crippen molar-refractivity contribution in [2.75, 3.05) is 0 Å². The molecular weight excluding hydrogens is 182 g/mol. The molecule has 0 aliphatic carbocycles. The van der Waals surface area contributed by atoms with E-state index in [0.29, 0.717) is 12.3 Å². The lowest BCUT2D eigenvalue weighted by Crippen LogP contribution is -1.96. The zero-order valence-corrected chi connectivity index (χ0v) is 8.85. The first-order valence-corrected chi connectivity index (χ1v) is 4.97. The Balaban J connectivity index is 3.11. The summed E-state index contributed by atoms with van der Waals surface area (Å²) in [7, 11) is 0. The Bertz CT molecular complexity index is 303. The molecule has 0 nitrogen and oxygen atoms in total. The topological polar surface area (TPSA) is 0 Å². The molecule has 78 valence electrons. The van der Waals surface area contributed by atoms with Gasteiger partial charge in [-0.1, -0.05) is 39.0 Å². The maximum Gasteiger partial charge on any atom is 0.264 e. The van der Waals surface area contributed by atoms with Gasteiger partial charge in [0.25, 0.3) is 6.43 Å². The van der Waals surface area contributed by atoms with E-state index in [-0.39, 0.29) is 5.56 Å². The van der Waals surface area contributed by atoms with Gasteiger partial charge in [0.1, 0.15) is 0 Å². The standard InChI is InChI=1S/C12H16F2/c1-4-9-7-10(8(2)3)5-6-11(9)12(13)14/h5-8,12H,4H2,1-3H3. The Morgan fingerprint density at radius 3 is 2.29 bits per heavy atom. The first-order chi connectivity index (χ1) is 6.56. The van der Waals surface area contributed by atoms with Crippen molar-refractivity contribution in [3.63, 3.8) is 0 Å². The molecule has 0 aliphatic heterocycles. The van der Waals surface area contributed by atoms with Crippen LogP contribution in [0.15, 0.2) is 18.2 Å². The number of hydrogen-bond acceptors (Lipinski definition) is 0. The molecule has 0 aliphatic rings. The van der Waals surface area contributed by atoms with Crippen LogP contribution in [0.5, 0.6) is 0 Å². The van der Waals surface area contributed by atoms with Gasteiger partial charge in [0, 0.05) is 5.56 Å². The predicted octanol–water partition coefficient (Wildman–Crippen LogP) is 4.31. The smallest absolute Gasteiger partial charge is 0.205 e. The first kappa shape index (κ1) is 11.2. The molecule has 0 fully saturated rings. The van der Waals surface area contributed by atoms with Crippen molar-refractivity contribution >= 4 is 0 Å². The van der Waals surface area contributed by atoms with Gasteiger partial charge in [-0.3, -0.25) is 0 Å². The van der Waals surface area contributed by atoms with Gasteiger partial charge in [-0.2, -0.15) is 0 Å². The third-order valence-electron chi connectivity index (χ3n) is 2.45. The summed E-state index contributed by atoms with van der Waals surface area (Å²) in [6.07, 6.45) is -1.69. The van der Waals surface area contributed by atoms with Crippen LogP contribution >= 0.6 is 0 Å². The molecular formula is C12H16F2. The van der Waals surface area contributed by atoms with Crippen LogP contribution in [0.1, 0.15) is 49.8 Å². The largest absolute Gasteiger partial charge is 0.264 e. The van der Waals surface area contributed by atoms with E-state index in [2.05, 4.69) is 13.8 Å². The van der Waals surface area contributed by atoms with Gasteiger partial charge < -0.3 is 0 Å². The van der Waals surface area contributed by atoms with E-state index >= 15 is 0 Å². The van der Waals surface area contributed by atoms with Gasteiger partial charge in [-0.05, 0) is 23.5 Å². The molecule has 0 aromatic heterocycles. The van der Waals surface area contributed by atoms with Crippen LogP contribution in [-0.2, 0) is 6.42 Å². The fourth-order valence-corrected chi connectivity index (χ4v) is 1.50. The van der Waals surface area contributed by atoms with Crippen molar-refractivity contribution in [3.8, 4) is 0 Å². The molecule has 0 saturated heterocycles. The van der Waals surface area contributed by atoms with Crippen molar-refractivity contribution in [3.05, 3.63) is 34.9 Å². The monoisotopic (exact) mass is 198 g/mol. The number of hydrogen-bond donors (Lipinski definition) is 0. The van der Waals surface area contributed by atoms with Gasteiger partial charge in [0.05, 0.1) is 0 Å². The molecule has 0 saturated carbocycles. The van der Waals surface area contributed by atoms with Gasteiger partial charge in [-0.25, -0.2) is 8.78 Å². The van der Waals surface area contributed by atoms with E-state index in [4.69, 9.17) is 0 Å². The van der Waals surface area contributed by atoms with Gasteiger partial charge in [0.2, 0.25) is 0 Å². The van der Waals surface area contributed by atoms with Crippen LogP contribution < -0.4 is 0 Å². The van der Waals surface area contributed by atoms with E-state index < -0.39 is 6.43 Å². The molecule has 0 unspecified atom stereocenters. The summed E-state index contributed by atoms with van der Waals surface area (Å²) in [5.41, 5.74) is 2.08. The van der Waals surface area contributed by atoms with Crippen molar-refractivity contribution < 1.29 is 8.78 Å². The molecule has 0 atom stereocenters. The highest BCUT2D eigenvalue weighted by molar-refractivity contribution is 5.34. The summed E-state index contributed by atoms with van der Waals surface area (Å²) in [6.45, 7) is 6.04. The third-order valence-corrected chi connectivity index (χ3v) is 2.45. The fourth-order valence-electron chi connectivity index (χ4n) is 1.50.